The first-order chi connectivity index (χ1) is 22.4. The summed E-state index contributed by atoms with van der Waals surface area (Å²) in [6, 6.07) is 16.1. The zero-order valence-corrected chi connectivity index (χ0v) is 27.4. The highest BCUT2D eigenvalue weighted by atomic mass is 16.4. The van der Waals surface area contributed by atoms with Gasteiger partial charge in [0.15, 0.2) is 11.6 Å². The van der Waals surface area contributed by atoms with Crippen molar-refractivity contribution < 1.29 is 33.5 Å². The number of hydrogen-bond acceptors (Lipinski definition) is 7. The lowest BCUT2D eigenvalue weighted by molar-refractivity contribution is -0.126. The van der Waals surface area contributed by atoms with E-state index < -0.39 is 5.97 Å². The molecule has 0 atom stereocenters. The summed E-state index contributed by atoms with van der Waals surface area (Å²) >= 11 is 0. The molecule has 2 aromatic carbocycles. The number of anilines is 1. The van der Waals surface area contributed by atoms with Crippen LogP contribution in [0.5, 0.6) is 0 Å². The molecule has 0 saturated heterocycles. The molecule has 1 heterocycles. The zero-order chi connectivity index (χ0) is 34.2. The molecule has 11 nitrogen and oxygen atoms in total. The number of Topliss-reactive ketones (excluding diaryl/α,β-unsaturated/α-hetero) is 2. The third-order valence-corrected chi connectivity index (χ3v) is 7.90. The molecule has 11 heteroatoms. The number of benzene rings is 3. The van der Waals surface area contributed by atoms with E-state index in [1.54, 1.807) is 13.0 Å². The summed E-state index contributed by atoms with van der Waals surface area (Å²) in [5.41, 5.74) is 3.66. The second-order valence-corrected chi connectivity index (χ2v) is 11.7. The van der Waals surface area contributed by atoms with Crippen molar-refractivity contribution in [2.75, 3.05) is 46.2 Å². The molecular weight excluding hydrogens is 600 g/mol. The molecule has 3 N–H and O–H groups in total. The summed E-state index contributed by atoms with van der Waals surface area (Å²) in [5, 5.41) is 17.0. The highest BCUT2D eigenvalue weighted by Gasteiger charge is 2.24. The minimum absolute atomic E-state index is 0.00780. The van der Waals surface area contributed by atoms with Gasteiger partial charge in [0.25, 0.3) is 0 Å². The third kappa shape index (κ3) is 8.49. The first-order valence-electron chi connectivity index (χ1n) is 15.5. The van der Waals surface area contributed by atoms with Crippen LogP contribution < -0.4 is 25.5 Å². The Morgan fingerprint density at radius 3 is 2.30 bits per heavy atom. The summed E-state index contributed by atoms with van der Waals surface area (Å²) in [6.45, 7) is 1.82. The summed E-state index contributed by atoms with van der Waals surface area (Å²) in [7, 11) is 7.70. The third-order valence-electron chi connectivity index (χ3n) is 7.90. The van der Waals surface area contributed by atoms with Gasteiger partial charge in [-0.3, -0.25) is 19.2 Å². The Morgan fingerprint density at radius 2 is 1.62 bits per heavy atom. The molecule has 2 aliphatic rings. The maximum absolute atomic E-state index is 13.3. The fourth-order valence-electron chi connectivity index (χ4n) is 5.20. The normalized spacial score (nSPS) is 10.9. The average molecular weight is 642 g/mol. The largest absolute Gasteiger partial charge is 0.478 e. The average Bonchev–Trinajstić information content (AvgIpc) is 3.05. The van der Waals surface area contributed by atoms with Gasteiger partial charge in [0, 0.05) is 86.2 Å². The lowest BCUT2D eigenvalue weighted by atomic mass is 9.88. The summed E-state index contributed by atoms with van der Waals surface area (Å²) in [6.07, 6.45) is 0.766. The second kappa shape index (κ2) is 15.3. The standard InChI is InChI=1S/C36H40N4O7/c1-6-33(43)38-21-25(41)12-16-34(44)37-17-7-8-30(42)22-9-13-26(36(45)46)29(18-22)35-27-14-10-23(39(2)3)19-31(27)47-32-20-24(40(4)5)11-15-28(32)35/h9-11,13-15,18-20H,6-8,12,16-17,21H2,1-5H3,(H2-,37,38,43,44,45,46)/p+1. The van der Waals surface area contributed by atoms with Crippen molar-refractivity contribution in [1.29, 1.82) is 0 Å². The summed E-state index contributed by atoms with van der Waals surface area (Å²) in [5.74, 6) is -1.52. The molecule has 2 amide bonds. The number of ketones is 2. The Labute approximate surface area is 273 Å². The summed E-state index contributed by atoms with van der Waals surface area (Å²) < 4.78 is 8.32. The van der Waals surface area contributed by atoms with Crippen molar-refractivity contribution in [1.82, 2.24) is 15.2 Å². The molecule has 0 radical (unpaired) electrons. The number of carboxylic acid groups (broad SMARTS) is 1. The van der Waals surface area contributed by atoms with Gasteiger partial charge in [0.2, 0.25) is 17.2 Å². The molecule has 0 aromatic heterocycles. The lowest BCUT2D eigenvalue weighted by Gasteiger charge is -2.19. The van der Waals surface area contributed by atoms with Gasteiger partial charge in [-0.1, -0.05) is 13.0 Å². The Morgan fingerprint density at radius 1 is 0.851 bits per heavy atom. The number of aromatic carboxylic acids is 1. The fourth-order valence-corrected chi connectivity index (χ4v) is 5.20. The topological polar surface area (TPSA) is 149 Å². The molecule has 1 aliphatic heterocycles. The van der Waals surface area contributed by atoms with E-state index in [0.717, 1.165) is 11.0 Å². The molecule has 0 fully saturated rings. The maximum atomic E-state index is 13.3. The number of nitrogens with one attached hydrogen (secondary N) is 2. The number of nitrogens with zero attached hydrogens (tertiary/aromatic N) is 2. The number of carbonyl (C=O) groups excluding carboxylic acids is 4. The van der Waals surface area contributed by atoms with Crippen LogP contribution >= 0.6 is 0 Å². The van der Waals surface area contributed by atoms with E-state index in [2.05, 4.69) is 10.6 Å². The van der Waals surface area contributed by atoms with Crippen molar-refractivity contribution in [3.8, 4) is 22.5 Å². The van der Waals surface area contributed by atoms with Crippen LogP contribution in [-0.2, 0) is 14.4 Å². The minimum Gasteiger partial charge on any atom is -0.478 e. The molecule has 4 rings (SSSR count). The lowest BCUT2D eigenvalue weighted by Crippen LogP contribution is -2.30. The quantitative estimate of drug-likeness (QED) is 0.0811. The van der Waals surface area contributed by atoms with E-state index in [9.17, 15) is 29.1 Å². The van der Waals surface area contributed by atoms with Gasteiger partial charge in [-0.25, -0.2) is 9.37 Å². The highest BCUT2D eigenvalue weighted by molar-refractivity contribution is 6.09. The van der Waals surface area contributed by atoms with Gasteiger partial charge in [-0.2, -0.15) is 0 Å². The molecule has 1 aliphatic carbocycles. The monoisotopic (exact) mass is 641 g/mol. The van der Waals surface area contributed by atoms with E-state index in [0.29, 0.717) is 45.4 Å². The molecule has 47 heavy (non-hydrogen) atoms. The van der Waals surface area contributed by atoms with Gasteiger partial charge in [0.05, 0.1) is 18.2 Å². The van der Waals surface area contributed by atoms with Crippen LogP contribution in [-0.4, -0.2) is 75.7 Å². The number of hydrogen-bond donors (Lipinski definition) is 3. The van der Waals surface area contributed by atoms with Crippen molar-refractivity contribution in [3.05, 3.63) is 71.1 Å². The number of fused-ring (bicyclic) bond motifs is 2. The predicted molar refractivity (Wildman–Crippen MR) is 181 cm³/mol. The number of rotatable bonds is 14. The van der Waals surface area contributed by atoms with Gasteiger partial charge in [-0.05, 0) is 42.3 Å². The Hall–Kier alpha value is -5.32. The molecule has 2 aromatic rings. The minimum atomic E-state index is -1.12. The van der Waals surface area contributed by atoms with Crippen LogP contribution in [0.3, 0.4) is 0 Å². The van der Waals surface area contributed by atoms with Gasteiger partial charge in [-0.15, -0.1) is 0 Å². The van der Waals surface area contributed by atoms with Crippen LogP contribution in [0.25, 0.3) is 33.4 Å². The Bertz CT molecular complexity index is 1890. The van der Waals surface area contributed by atoms with Crippen LogP contribution in [0.15, 0.2) is 59.0 Å². The van der Waals surface area contributed by atoms with Crippen LogP contribution in [0.1, 0.15) is 59.7 Å². The predicted octanol–water partition coefficient (Wildman–Crippen LogP) is 3.96. The van der Waals surface area contributed by atoms with E-state index in [1.165, 1.54) is 12.1 Å². The van der Waals surface area contributed by atoms with Crippen LogP contribution in [0, 0.1) is 0 Å². The highest BCUT2D eigenvalue weighted by Crippen LogP contribution is 2.42. The van der Waals surface area contributed by atoms with Crippen LogP contribution in [0.4, 0.5) is 5.69 Å². The number of amides is 2. The van der Waals surface area contributed by atoms with E-state index >= 15 is 0 Å². The van der Waals surface area contributed by atoms with Crippen molar-refractivity contribution in [3.63, 3.8) is 0 Å². The van der Waals surface area contributed by atoms with E-state index in [1.807, 2.05) is 74.1 Å². The zero-order valence-electron chi connectivity index (χ0n) is 27.4. The van der Waals surface area contributed by atoms with Gasteiger partial charge in [0.1, 0.15) is 25.4 Å². The first-order valence-corrected chi connectivity index (χ1v) is 15.5. The molecule has 0 saturated carbocycles. The number of carbonyl (C=O) groups is 5. The molecular formula is C36H41N4O7+. The smallest absolute Gasteiger partial charge is 0.336 e. The van der Waals surface area contributed by atoms with Crippen molar-refractivity contribution in [2.24, 2.45) is 0 Å². The van der Waals surface area contributed by atoms with E-state index in [-0.39, 0.29) is 67.7 Å². The molecule has 0 bridgehead atoms. The van der Waals surface area contributed by atoms with Crippen LogP contribution in [0.2, 0.25) is 0 Å². The molecule has 0 unspecified atom stereocenters. The van der Waals surface area contributed by atoms with Gasteiger partial charge < -0.3 is 25.1 Å². The second-order valence-electron chi connectivity index (χ2n) is 11.7. The molecule has 0 spiro atoms. The first kappa shape index (κ1) is 34.6. The van der Waals surface area contributed by atoms with E-state index in [4.69, 9.17) is 4.42 Å². The SMILES string of the molecule is CCC(=O)NCC(=O)CCC(=O)NCCCC(=O)c1ccc(C(=O)O)c(-c2c3ccc(=[N+](C)C)cc-3oc3cc(N(C)C)ccc23)c1. The van der Waals surface area contributed by atoms with Crippen molar-refractivity contribution in [2.45, 2.75) is 39.0 Å². The number of carboxylic acids is 1. The van der Waals surface area contributed by atoms with Gasteiger partial charge >= 0.3 is 5.97 Å². The molecule has 246 valence electrons. The summed E-state index contributed by atoms with van der Waals surface area (Å²) in [4.78, 5) is 63.1. The van der Waals surface area contributed by atoms with Crippen molar-refractivity contribution >= 4 is 46.0 Å². The Kier molecular flexibility index (Phi) is 11.3. The Balaban J connectivity index is 1.58. The maximum Gasteiger partial charge on any atom is 0.336 e. The fraction of sp³-hybridized carbons (Fsp3) is 0.333.